The van der Waals surface area contributed by atoms with Crippen molar-refractivity contribution in [3.8, 4) is 22.8 Å². The van der Waals surface area contributed by atoms with Gasteiger partial charge in [0.2, 0.25) is 0 Å². The van der Waals surface area contributed by atoms with Crippen molar-refractivity contribution in [2.45, 2.75) is 6.61 Å². The number of nitrogens with zero attached hydrogens (tertiary/aromatic N) is 1. The molecular formula is C12H13NO3S. The number of methoxy groups -OCH3 is 2. The van der Waals surface area contributed by atoms with Gasteiger partial charge >= 0.3 is 0 Å². The van der Waals surface area contributed by atoms with E-state index in [0.717, 1.165) is 11.3 Å². The third kappa shape index (κ3) is 2.40. The molecule has 0 bridgehead atoms. The first kappa shape index (κ1) is 11.9. The maximum absolute atomic E-state index is 8.98. The second-order valence-corrected chi connectivity index (χ2v) is 4.30. The topological polar surface area (TPSA) is 51.6 Å². The normalized spacial score (nSPS) is 10.3. The summed E-state index contributed by atoms with van der Waals surface area (Å²) in [4.78, 5) is 4.30. The first-order valence-corrected chi connectivity index (χ1v) is 5.94. The Morgan fingerprint density at radius 3 is 2.59 bits per heavy atom. The fourth-order valence-electron chi connectivity index (χ4n) is 1.51. The predicted molar refractivity (Wildman–Crippen MR) is 66.6 cm³/mol. The minimum Gasteiger partial charge on any atom is -0.493 e. The number of thiazole rings is 1. The molecule has 0 aliphatic rings. The van der Waals surface area contributed by atoms with E-state index in [-0.39, 0.29) is 6.61 Å². The highest BCUT2D eigenvalue weighted by atomic mass is 32.1. The maximum atomic E-state index is 8.98. The molecule has 0 aliphatic carbocycles. The lowest BCUT2D eigenvalue weighted by Crippen LogP contribution is -1.91. The van der Waals surface area contributed by atoms with Crippen LogP contribution in [0.25, 0.3) is 11.3 Å². The molecule has 0 fully saturated rings. The number of ether oxygens (including phenoxy) is 2. The van der Waals surface area contributed by atoms with Gasteiger partial charge in [0, 0.05) is 10.9 Å². The predicted octanol–water partition coefficient (Wildman–Crippen LogP) is 2.32. The van der Waals surface area contributed by atoms with Gasteiger partial charge in [0.15, 0.2) is 11.5 Å². The smallest absolute Gasteiger partial charge is 0.161 e. The second-order valence-electron chi connectivity index (χ2n) is 3.35. The third-order valence-electron chi connectivity index (χ3n) is 2.37. The highest BCUT2D eigenvalue weighted by Crippen LogP contribution is 2.32. The summed E-state index contributed by atoms with van der Waals surface area (Å²) >= 11 is 1.43. The van der Waals surface area contributed by atoms with Crippen molar-refractivity contribution in [1.82, 2.24) is 4.98 Å². The van der Waals surface area contributed by atoms with E-state index < -0.39 is 0 Å². The molecule has 0 spiro atoms. The Hall–Kier alpha value is -1.59. The molecule has 0 saturated carbocycles. The molecule has 0 unspecified atom stereocenters. The van der Waals surface area contributed by atoms with Gasteiger partial charge in [0.25, 0.3) is 0 Å². The van der Waals surface area contributed by atoms with Crippen LogP contribution in [0.1, 0.15) is 5.01 Å². The molecule has 1 N–H and O–H groups in total. The van der Waals surface area contributed by atoms with Crippen LogP contribution >= 0.6 is 11.3 Å². The van der Waals surface area contributed by atoms with Crippen LogP contribution in [0.2, 0.25) is 0 Å². The molecule has 1 aromatic heterocycles. The minimum absolute atomic E-state index is 0.0298. The van der Waals surface area contributed by atoms with E-state index in [1.165, 1.54) is 11.3 Å². The summed E-state index contributed by atoms with van der Waals surface area (Å²) in [5.74, 6) is 1.36. The molecule has 90 valence electrons. The average Bonchev–Trinajstić information content (AvgIpc) is 2.86. The molecule has 1 heterocycles. The van der Waals surface area contributed by atoms with Crippen molar-refractivity contribution in [2.24, 2.45) is 0 Å². The van der Waals surface area contributed by atoms with Gasteiger partial charge < -0.3 is 14.6 Å². The fraction of sp³-hybridized carbons (Fsp3) is 0.250. The molecule has 0 radical (unpaired) electrons. The van der Waals surface area contributed by atoms with Crippen LogP contribution < -0.4 is 9.47 Å². The SMILES string of the molecule is COc1ccc(-c2csc(CO)n2)cc1OC. The summed E-state index contributed by atoms with van der Waals surface area (Å²) < 4.78 is 10.4. The number of benzene rings is 1. The Morgan fingerprint density at radius 2 is 2.00 bits per heavy atom. The summed E-state index contributed by atoms with van der Waals surface area (Å²) in [6.07, 6.45) is 0. The number of aliphatic hydroxyl groups is 1. The summed E-state index contributed by atoms with van der Waals surface area (Å²) in [7, 11) is 3.20. The quantitative estimate of drug-likeness (QED) is 0.906. The van der Waals surface area contributed by atoms with Crippen molar-refractivity contribution in [3.63, 3.8) is 0 Å². The Morgan fingerprint density at radius 1 is 1.24 bits per heavy atom. The zero-order chi connectivity index (χ0) is 12.3. The van der Waals surface area contributed by atoms with Crippen LogP contribution in [-0.2, 0) is 6.61 Å². The Labute approximate surface area is 103 Å². The molecule has 0 saturated heterocycles. The van der Waals surface area contributed by atoms with E-state index >= 15 is 0 Å². The molecule has 1 aromatic carbocycles. The van der Waals surface area contributed by atoms with Crippen molar-refractivity contribution < 1.29 is 14.6 Å². The average molecular weight is 251 g/mol. The number of hydrogen-bond acceptors (Lipinski definition) is 5. The number of aromatic nitrogens is 1. The lowest BCUT2D eigenvalue weighted by atomic mass is 10.1. The van der Waals surface area contributed by atoms with Crippen molar-refractivity contribution >= 4 is 11.3 Å². The first-order chi connectivity index (χ1) is 8.28. The molecule has 0 aliphatic heterocycles. The summed E-state index contributed by atoms with van der Waals surface area (Å²) in [6.45, 7) is -0.0298. The second kappa shape index (κ2) is 5.16. The lowest BCUT2D eigenvalue weighted by Gasteiger charge is -2.08. The molecule has 0 atom stereocenters. The van der Waals surface area contributed by atoms with E-state index in [2.05, 4.69) is 4.98 Å². The molecule has 2 rings (SSSR count). The monoisotopic (exact) mass is 251 g/mol. The van der Waals surface area contributed by atoms with Gasteiger partial charge in [-0.15, -0.1) is 11.3 Å². The van der Waals surface area contributed by atoms with E-state index in [1.54, 1.807) is 14.2 Å². The number of rotatable bonds is 4. The summed E-state index contributed by atoms with van der Waals surface area (Å²) in [6, 6.07) is 5.62. The Bertz CT molecular complexity index is 510. The highest BCUT2D eigenvalue weighted by Gasteiger charge is 2.08. The molecule has 17 heavy (non-hydrogen) atoms. The van der Waals surface area contributed by atoms with E-state index in [9.17, 15) is 0 Å². The summed E-state index contributed by atoms with van der Waals surface area (Å²) in [5, 5.41) is 11.6. The van der Waals surface area contributed by atoms with E-state index in [1.807, 2.05) is 23.6 Å². The highest BCUT2D eigenvalue weighted by molar-refractivity contribution is 7.09. The van der Waals surface area contributed by atoms with Gasteiger partial charge in [-0.1, -0.05) is 0 Å². The van der Waals surface area contributed by atoms with E-state index in [0.29, 0.717) is 16.5 Å². The van der Waals surface area contributed by atoms with E-state index in [4.69, 9.17) is 14.6 Å². The zero-order valence-electron chi connectivity index (χ0n) is 9.64. The Balaban J connectivity index is 2.38. The lowest BCUT2D eigenvalue weighted by molar-refractivity contribution is 0.281. The molecule has 0 amide bonds. The van der Waals surface area contributed by atoms with Gasteiger partial charge in [0.1, 0.15) is 5.01 Å². The van der Waals surface area contributed by atoms with Crippen molar-refractivity contribution in [2.75, 3.05) is 14.2 Å². The van der Waals surface area contributed by atoms with Gasteiger partial charge in [-0.2, -0.15) is 0 Å². The van der Waals surface area contributed by atoms with Crippen LogP contribution in [0.3, 0.4) is 0 Å². The van der Waals surface area contributed by atoms with Crippen LogP contribution in [0.5, 0.6) is 11.5 Å². The van der Waals surface area contributed by atoms with Gasteiger partial charge in [-0.3, -0.25) is 0 Å². The Kier molecular flexibility index (Phi) is 3.61. The van der Waals surface area contributed by atoms with Crippen LogP contribution in [0.4, 0.5) is 0 Å². The standard InChI is InChI=1S/C12H13NO3S/c1-15-10-4-3-8(5-11(10)16-2)9-7-17-12(6-14)13-9/h3-5,7,14H,6H2,1-2H3. The number of hydrogen-bond donors (Lipinski definition) is 1. The minimum atomic E-state index is -0.0298. The van der Waals surface area contributed by atoms with Crippen LogP contribution in [0.15, 0.2) is 23.6 Å². The first-order valence-electron chi connectivity index (χ1n) is 5.06. The fourth-order valence-corrected chi connectivity index (χ4v) is 2.17. The van der Waals surface area contributed by atoms with Gasteiger partial charge in [0.05, 0.1) is 26.5 Å². The van der Waals surface area contributed by atoms with Crippen LogP contribution in [-0.4, -0.2) is 24.3 Å². The molecule has 2 aromatic rings. The molecular weight excluding hydrogens is 238 g/mol. The van der Waals surface area contributed by atoms with Crippen molar-refractivity contribution in [1.29, 1.82) is 0 Å². The third-order valence-corrected chi connectivity index (χ3v) is 3.20. The summed E-state index contributed by atoms with van der Waals surface area (Å²) in [5.41, 5.74) is 1.78. The van der Waals surface area contributed by atoms with Gasteiger partial charge in [-0.25, -0.2) is 4.98 Å². The van der Waals surface area contributed by atoms with Crippen LogP contribution in [0, 0.1) is 0 Å². The molecule has 4 nitrogen and oxygen atoms in total. The largest absolute Gasteiger partial charge is 0.493 e. The van der Waals surface area contributed by atoms with Gasteiger partial charge in [-0.05, 0) is 18.2 Å². The molecule has 5 heteroatoms. The zero-order valence-corrected chi connectivity index (χ0v) is 10.5. The maximum Gasteiger partial charge on any atom is 0.161 e. The number of aliphatic hydroxyl groups excluding tert-OH is 1. The van der Waals surface area contributed by atoms with Crippen molar-refractivity contribution in [3.05, 3.63) is 28.6 Å².